The molecule has 268 valence electrons. The highest BCUT2D eigenvalue weighted by atomic mass is 32.1. The number of fused-ring (bicyclic) bond motifs is 4. The minimum atomic E-state index is -0.167. The summed E-state index contributed by atoms with van der Waals surface area (Å²) < 4.78 is 3.77. The smallest absolute Gasteiger partial charge is 0.270 e. The molecule has 0 bridgehead atoms. The Balaban J connectivity index is 1.12. The summed E-state index contributed by atoms with van der Waals surface area (Å²) >= 11 is 3.61. The van der Waals surface area contributed by atoms with Gasteiger partial charge in [0.25, 0.3) is 5.70 Å². The second-order valence-electron chi connectivity index (χ2n) is 16.0. The zero-order chi connectivity index (χ0) is 38.6. The van der Waals surface area contributed by atoms with Crippen LogP contribution in [0.25, 0.3) is 46.4 Å². The average molecular weight is 750 g/mol. The van der Waals surface area contributed by atoms with Crippen molar-refractivity contribution in [3.63, 3.8) is 0 Å². The summed E-state index contributed by atoms with van der Waals surface area (Å²) in [4.78, 5) is 20.4. The number of allylic oxidation sites excluding steroid dienone is 3. The van der Waals surface area contributed by atoms with Crippen molar-refractivity contribution in [3.8, 4) is 16.5 Å². The lowest BCUT2D eigenvalue weighted by Crippen LogP contribution is -2.14. The molecule has 0 aliphatic heterocycles. The number of thiophene rings is 2. The predicted octanol–water partition coefficient (Wildman–Crippen LogP) is 14.3. The zero-order valence-electron chi connectivity index (χ0n) is 31.7. The standard InChI is InChI=1S/C49H39N3OS2/c1-48(2,3)32-16-20-34(21-17-32)52(35-22-18-33(19-23-35)49(4,5)6)36-24-25-39-43(27-36)54-44-28-42(55-47(39)44)31-14-12-30(13-15-31)26-40-45(41(29-50)51-7)37-10-8-9-11-38(37)46(40)53/h8-28H,1-6H3/b40-26-,45-41-. The molecule has 1 aliphatic carbocycles. The van der Waals surface area contributed by atoms with Crippen LogP contribution in [0.1, 0.15) is 74.2 Å². The Morgan fingerprint density at radius 1 is 0.709 bits per heavy atom. The molecule has 8 rings (SSSR count). The Hall–Kier alpha value is -6.05. The summed E-state index contributed by atoms with van der Waals surface area (Å²) in [6.45, 7) is 21.1. The normalized spacial score (nSPS) is 14.6. The van der Waals surface area contributed by atoms with Crippen molar-refractivity contribution in [2.45, 2.75) is 52.4 Å². The van der Waals surface area contributed by atoms with Gasteiger partial charge in [-0.05, 0) is 87.2 Å². The Labute approximate surface area is 330 Å². The van der Waals surface area contributed by atoms with Gasteiger partial charge in [-0.2, -0.15) is 0 Å². The maximum atomic E-state index is 13.4. The Morgan fingerprint density at radius 2 is 1.29 bits per heavy atom. The predicted molar refractivity (Wildman–Crippen MR) is 233 cm³/mol. The highest BCUT2D eigenvalue weighted by Gasteiger charge is 2.32. The number of hydrogen-bond donors (Lipinski definition) is 0. The van der Waals surface area contributed by atoms with Gasteiger partial charge in [0.2, 0.25) is 0 Å². The van der Waals surface area contributed by atoms with E-state index < -0.39 is 0 Å². The number of hydrogen-bond acceptors (Lipinski definition) is 5. The minimum Gasteiger partial charge on any atom is -0.310 e. The van der Waals surface area contributed by atoms with Gasteiger partial charge >= 0.3 is 0 Å². The number of carbonyl (C=O) groups is 1. The van der Waals surface area contributed by atoms with Gasteiger partial charge in [0.05, 0.1) is 17.3 Å². The first-order valence-corrected chi connectivity index (χ1v) is 19.9. The van der Waals surface area contributed by atoms with Crippen molar-refractivity contribution < 1.29 is 4.79 Å². The molecule has 0 atom stereocenters. The third-order valence-corrected chi connectivity index (χ3v) is 12.7. The lowest BCUT2D eigenvalue weighted by Gasteiger charge is -2.28. The van der Waals surface area contributed by atoms with E-state index in [9.17, 15) is 10.1 Å². The highest BCUT2D eigenvalue weighted by Crippen LogP contribution is 2.46. The monoisotopic (exact) mass is 749 g/mol. The van der Waals surface area contributed by atoms with Crippen LogP contribution in [0, 0.1) is 17.9 Å². The molecule has 6 heteroatoms. The van der Waals surface area contributed by atoms with E-state index in [1.165, 1.54) is 35.5 Å². The van der Waals surface area contributed by atoms with Crippen molar-refractivity contribution in [2.75, 3.05) is 4.90 Å². The molecule has 0 saturated heterocycles. The fourth-order valence-electron chi connectivity index (χ4n) is 7.23. The molecule has 0 N–H and O–H groups in total. The van der Waals surface area contributed by atoms with E-state index in [1.807, 2.05) is 35.6 Å². The van der Waals surface area contributed by atoms with E-state index >= 15 is 0 Å². The number of rotatable bonds is 5. The van der Waals surface area contributed by atoms with E-state index in [0.717, 1.165) is 28.2 Å². The van der Waals surface area contributed by atoms with Gasteiger partial charge in [-0.25, -0.2) is 10.1 Å². The molecule has 2 aromatic heterocycles. The third-order valence-electron chi connectivity index (χ3n) is 10.3. The van der Waals surface area contributed by atoms with Gasteiger partial charge in [-0.15, -0.1) is 22.7 Å². The van der Waals surface area contributed by atoms with Gasteiger partial charge in [-0.1, -0.05) is 120 Å². The molecule has 5 aromatic carbocycles. The topological polar surface area (TPSA) is 48.5 Å². The minimum absolute atomic E-state index is 0.0728. The zero-order valence-corrected chi connectivity index (χ0v) is 33.3. The molecule has 0 spiro atoms. The van der Waals surface area contributed by atoms with Crippen LogP contribution in [0.2, 0.25) is 0 Å². The Morgan fingerprint density at radius 3 is 1.85 bits per heavy atom. The van der Waals surface area contributed by atoms with Crippen LogP contribution < -0.4 is 4.90 Å². The molecular weight excluding hydrogens is 711 g/mol. The first-order chi connectivity index (χ1) is 26.3. The summed E-state index contributed by atoms with van der Waals surface area (Å²) in [5.41, 5.74) is 9.95. The fourth-order valence-corrected chi connectivity index (χ4v) is 9.80. The molecule has 4 nitrogen and oxygen atoms in total. The Bertz CT molecular complexity index is 2710. The second kappa shape index (κ2) is 13.7. The van der Waals surface area contributed by atoms with Crippen molar-refractivity contribution in [1.82, 2.24) is 0 Å². The van der Waals surface area contributed by atoms with Gasteiger partial charge in [0, 0.05) is 53.4 Å². The second-order valence-corrected chi connectivity index (χ2v) is 18.2. The van der Waals surface area contributed by atoms with Gasteiger partial charge in [0.15, 0.2) is 5.78 Å². The van der Waals surface area contributed by atoms with Crippen LogP contribution in [-0.4, -0.2) is 5.78 Å². The molecule has 0 radical (unpaired) electrons. The van der Waals surface area contributed by atoms with Crippen LogP contribution in [0.5, 0.6) is 0 Å². The number of carbonyl (C=O) groups excluding carboxylic acids is 1. The summed E-state index contributed by atoms with van der Waals surface area (Å²) in [7, 11) is 0. The number of anilines is 3. The van der Waals surface area contributed by atoms with E-state index in [4.69, 9.17) is 6.57 Å². The summed E-state index contributed by atoms with van der Waals surface area (Å²) in [6.07, 6.45) is 1.79. The molecule has 2 heterocycles. The quantitative estimate of drug-likeness (QED) is 0.100. The number of ketones is 1. The summed E-state index contributed by atoms with van der Waals surface area (Å²) in [6, 6.07) is 44.4. The van der Waals surface area contributed by atoms with Crippen molar-refractivity contribution in [1.29, 1.82) is 5.26 Å². The first-order valence-electron chi connectivity index (χ1n) is 18.3. The number of nitrogens with zero attached hydrogens (tertiary/aromatic N) is 3. The molecular formula is C49H39N3OS2. The van der Waals surface area contributed by atoms with Gasteiger partial charge < -0.3 is 4.90 Å². The third kappa shape index (κ3) is 6.59. The summed E-state index contributed by atoms with van der Waals surface area (Å²) in [5.74, 6) is -0.167. The Kier molecular flexibility index (Phi) is 8.93. The van der Waals surface area contributed by atoms with E-state index in [2.05, 4.69) is 136 Å². The van der Waals surface area contributed by atoms with E-state index in [0.29, 0.717) is 22.3 Å². The van der Waals surface area contributed by atoms with Crippen LogP contribution in [-0.2, 0) is 10.8 Å². The van der Waals surface area contributed by atoms with Gasteiger partial charge in [0.1, 0.15) is 0 Å². The number of Topliss-reactive ketones (excluding diaryl/α,β-unsaturated/α-hetero) is 1. The van der Waals surface area contributed by atoms with E-state index in [-0.39, 0.29) is 22.3 Å². The van der Waals surface area contributed by atoms with Crippen LogP contribution >= 0.6 is 22.7 Å². The molecule has 0 fully saturated rings. The maximum absolute atomic E-state index is 13.4. The number of benzene rings is 5. The molecule has 0 unspecified atom stereocenters. The van der Waals surface area contributed by atoms with Gasteiger partial charge in [-0.3, -0.25) is 4.79 Å². The number of nitriles is 1. The molecule has 1 aliphatic rings. The fraction of sp³-hybridized carbons (Fsp3) is 0.163. The lowest BCUT2D eigenvalue weighted by atomic mass is 9.86. The molecule has 0 amide bonds. The first kappa shape index (κ1) is 36.0. The van der Waals surface area contributed by atoms with Crippen molar-refractivity contribution >= 4 is 76.7 Å². The van der Waals surface area contributed by atoms with E-state index in [1.54, 1.807) is 35.6 Å². The van der Waals surface area contributed by atoms with Crippen LogP contribution in [0.15, 0.2) is 133 Å². The average Bonchev–Trinajstić information content (AvgIpc) is 3.82. The maximum Gasteiger partial charge on any atom is 0.270 e. The lowest BCUT2D eigenvalue weighted by molar-refractivity contribution is 0.104. The molecule has 7 aromatic rings. The molecule has 0 saturated carbocycles. The van der Waals surface area contributed by atoms with Crippen LogP contribution in [0.4, 0.5) is 17.1 Å². The largest absolute Gasteiger partial charge is 0.310 e. The summed E-state index contributed by atoms with van der Waals surface area (Å²) in [5, 5.41) is 10.9. The highest BCUT2D eigenvalue weighted by molar-refractivity contribution is 7.34. The van der Waals surface area contributed by atoms with Crippen molar-refractivity contribution in [2.24, 2.45) is 0 Å². The molecule has 55 heavy (non-hydrogen) atoms. The van der Waals surface area contributed by atoms with Crippen LogP contribution in [0.3, 0.4) is 0 Å². The SMILES string of the molecule is [C-]#[N+]/C(C#N)=C1\C(=C\c2ccc(-c3cc4sc5cc(N(c6ccc(C(C)(C)C)cc6)c6ccc(C(C)(C)C)cc6)ccc5c4s3)cc2)C(=O)c2ccccc21. The van der Waals surface area contributed by atoms with Crippen molar-refractivity contribution in [3.05, 3.63) is 172 Å².